The van der Waals surface area contributed by atoms with E-state index in [1.807, 2.05) is 53.4 Å². The average Bonchev–Trinajstić information content (AvgIpc) is 2.55. The van der Waals surface area contributed by atoms with Crippen molar-refractivity contribution >= 4 is 11.6 Å². The summed E-state index contributed by atoms with van der Waals surface area (Å²) in [5.74, 6) is 0.0180. The highest BCUT2D eigenvalue weighted by Crippen LogP contribution is 2.30. The molecule has 0 spiro atoms. The predicted octanol–water partition coefficient (Wildman–Crippen LogP) is 2.41. The van der Waals surface area contributed by atoms with Gasteiger partial charge >= 0.3 is 0 Å². The number of nitrogens with two attached hydrogens (primary N) is 1. The standard InChI is InChI=1S/C17H18N2O2/c18-15-8-4-7-14(16(15)13-5-2-1-3-6-13)17(20)19-9-11-21-12-10-19/h1-8H,9-12,18H2. The van der Waals surface area contributed by atoms with Crippen LogP contribution in [0.25, 0.3) is 11.1 Å². The van der Waals surface area contributed by atoms with Crippen molar-refractivity contribution in [3.05, 3.63) is 54.1 Å². The molecule has 0 aromatic heterocycles. The maximum atomic E-state index is 12.8. The minimum atomic E-state index is 0.0180. The Labute approximate surface area is 124 Å². The summed E-state index contributed by atoms with van der Waals surface area (Å²) in [6.45, 7) is 2.44. The Bertz CT molecular complexity index is 634. The zero-order valence-corrected chi connectivity index (χ0v) is 11.8. The largest absolute Gasteiger partial charge is 0.398 e. The van der Waals surface area contributed by atoms with Crippen molar-refractivity contribution in [3.63, 3.8) is 0 Å². The Kier molecular flexibility index (Phi) is 3.88. The molecular weight excluding hydrogens is 264 g/mol. The van der Waals surface area contributed by atoms with Gasteiger partial charge in [0.05, 0.1) is 13.2 Å². The van der Waals surface area contributed by atoms with E-state index in [1.165, 1.54) is 0 Å². The Morgan fingerprint density at radius 2 is 1.71 bits per heavy atom. The van der Waals surface area contributed by atoms with Gasteiger partial charge in [0.25, 0.3) is 5.91 Å². The van der Waals surface area contributed by atoms with Crippen LogP contribution in [0.5, 0.6) is 0 Å². The van der Waals surface area contributed by atoms with Gasteiger partial charge in [-0.25, -0.2) is 0 Å². The van der Waals surface area contributed by atoms with Crippen LogP contribution in [0.4, 0.5) is 5.69 Å². The van der Waals surface area contributed by atoms with Gasteiger partial charge in [-0.3, -0.25) is 4.79 Å². The molecule has 1 heterocycles. The third-order valence-electron chi connectivity index (χ3n) is 3.69. The van der Waals surface area contributed by atoms with E-state index in [0.717, 1.165) is 11.1 Å². The smallest absolute Gasteiger partial charge is 0.254 e. The van der Waals surface area contributed by atoms with E-state index >= 15 is 0 Å². The molecule has 1 amide bonds. The van der Waals surface area contributed by atoms with E-state index < -0.39 is 0 Å². The van der Waals surface area contributed by atoms with Gasteiger partial charge in [-0.05, 0) is 17.7 Å². The molecule has 2 aromatic rings. The van der Waals surface area contributed by atoms with Crippen molar-refractivity contribution in [1.82, 2.24) is 4.90 Å². The summed E-state index contributed by atoms with van der Waals surface area (Å²) in [4.78, 5) is 14.6. The second-order valence-corrected chi connectivity index (χ2v) is 5.04. The summed E-state index contributed by atoms with van der Waals surface area (Å²) >= 11 is 0. The SMILES string of the molecule is Nc1cccc(C(=O)N2CCOCC2)c1-c1ccccc1. The van der Waals surface area contributed by atoms with E-state index in [1.54, 1.807) is 0 Å². The van der Waals surface area contributed by atoms with Gasteiger partial charge in [0.1, 0.15) is 0 Å². The van der Waals surface area contributed by atoms with Crippen LogP contribution in [0.3, 0.4) is 0 Å². The second-order valence-electron chi connectivity index (χ2n) is 5.04. The molecule has 4 heteroatoms. The van der Waals surface area contributed by atoms with Gasteiger partial charge in [-0.2, -0.15) is 0 Å². The van der Waals surface area contributed by atoms with E-state index in [9.17, 15) is 4.79 Å². The van der Waals surface area contributed by atoms with Crippen LogP contribution in [0, 0.1) is 0 Å². The van der Waals surface area contributed by atoms with E-state index in [2.05, 4.69) is 0 Å². The fraction of sp³-hybridized carbons (Fsp3) is 0.235. The van der Waals surface area contributed by atoms with Gasteiger partial charge < -0.3 is 15.4 Å². The summed E-state index contributed by atoms with van der Waals surface area (Å²) in [5, 5.41) is 0. The van der Waals surface area contributed by atoms with Crippen LogP contribution in [-0.2, 0) is 4.74 Å². The topological polar surface area (TPSA) is 55.6 Å². The molecule has 0 radical (unpaired) electrons. The predicted molar refractivity (Wildman–Crippen MR) is 83.0 cm³/mol. The molecule has 2 aromatic carbocycles. The molecule has 1 fully saturated rings. The molecule has 2 N–H and O–H groups in total. The lowest BCUT2D eigenvalue weighted by atomic mass is 9.97. The number of benzene rings is 2. The van der Waals surface area contributed by atoms with Crippen molar-refractivity contribution in [2.45, 2.75) is 0 Å². The highest BCUT2D eigenvalue weighted by molar-refractivity contribution is 6.03. The van der Waals surface area contributed by atoms with Crippen molar-refractivity contribution in [1.29, 1.82) is 0 Å². The maximum absolute atomic E-state index is 12.8. The molecule has 0 unspecified atom stereocenters. The highest BCUT2D eigenvalue weighted by atomic mass is 16.5. The van der Waals surface area contributed by atoms with Crippen molar-refractivity contribution in [3.8, 4) is 11.1 Å². The third kappa shape index (κ3) is 2.76. The minimum absolute atomic E-state index is 0.0180. The number of morpholine rings is 1. The molecule has 108 valence electrons. The summed E-state index contributed by atoms with van der Waals surface area (Å²) in [7, 11) is 0. The molecule has 1 aliphatic rings. The zero-order chi connectivity index (χ0) is 14.7. The molecule has 0 bridgehead atoms. The number of carbonyl (C=O) groups excluding carboxylic acids is 1. The highest BCUT2D eigenvalue weighted by Gasteiger charge is 2.22. The first-order chi connectivity index (χ1) is 10.3. The third-order valence-corrected chi connectivity index (χ3v) is 3.69. The number of nitrogens with zero attached hydrogens (tertiary/aromatic N) is 1. The molecule has 1 aliphatic heterocycles. The number of carbonyl (C=O) groups is 1. The summed E-state index contributed by atoms with van der Waals surface area (Å²) in [5.41, 5.74) is 9.19. The first-order valence-corrected chi connectivity index (χ1v) is 7.08. The summed E-state index contributed by atoms with van der Waals surface area (Å²) < 4.78 is 5.31. The Morgan fingerprint density at radius 3 is 2.43 bits per heavy atom. The Hall–Kier alpha value is -2.33. The maximum Gasteiger partial charge on any atom is 0.254 e. The molecule has 0 atom stereocenters. The van der Waals surface area contributed by atoms with E-state index in [4.69, 9.17) is 10.5 Å². The zero-order valence-electron chi connectivity index (χ0n) is 11.8. The summed E-state index contributed by atoms with van der Waals surface area (Å²) in [6.07, 6.45) is 0. The average molecular weight is 282 g/mol. The molecule has 1 saturated heterocycles. The van der Waals surface area contributed by atoms with Gasteiger partial charge in [0, 0.05) is 29.9 Å². The van der Waals surface area contributed by atoms with Crippen molar-refractivity contribution < 1.29 is 9.53 Å². The lowest BCUT2D eigenvalue weighted by Gasteiger charge is -2.28. The van der Waals surface area contributed by atoms with Gasteiger partial charge in [-0.15, -0.1) is 0 Å². The van der Waals surface area contributed by atoms with Crippen LogP contribution >= 0.6 is 0 Å². The number of nitrogen functional groups attached to an aromatic ring is 1. The number of ether oxygens (including phenoxy) is 1. The molecule has 21 heavy (non-hydrogen) atoms. The fourth-order valence-electron chi connectivity index (χ4n) is 2.61. The molecule has 0 aliphatic carbocycles. The van der Waals surface area contributed by atoms with Crippen LogP contribution in [0.15, 0.2) is 48.5 Å². The minimum Gasteiger partial charge on any atom is -0.398 e. The molecule has 4 nitrogen and oxygen atoms in total. The lowest BCUT2D eigenvalue weighted by Crippen LogP contribution is -2.40. The molecular formula is C17H18N2O2. The van der Waals surface area contributed by atoms with Crippen LogP contribution in [0.1, 0.15) is 10.4 Å². The quantitative estimate of drug-likeness (QED) is 0.861. The van der Waals surface area contributed by atoms with Crippen molar-refractivity contribution in [2.75, 3.05) is 32.0 Å². The number of rotatable bonds is 2. The number of hydrogen-bond donors (Lipinski definition) is 1. The number of hydrogen-bond acceptors (Lipinski definition) is 3. The van der Waals surface area contributed by atoms with Gasteiger partial charge in [0.2, 0.25) is 0 Å². The first-order valence-electron chi connectivity index (χ1n) is 7.08. The number of anilines is 1. The molecule has 3 rings (SSSR count). The Balaban J connectivity index is 2.02. The van der Waals surface area contributed by atoms with E-state index in [0.29, 0.717) is 37.6 Å². The molecule has 0 saturated carbocycles. The monoisotopic (exact) mass is 282 g/mol. The van der Waals surface area contributed by atoms with Crippen molar-refractivity contribution in [2.24, 2.45) is 0 Å². The second kappa shape index (κ2) is 5.97. The van der Waals surface area contributed by atoms with Gasteiger partial charge in [-0.1, -0.05) is 36.4 Å². The van der Waals surface area contributed by atoms with E-state index in [-0.39, 0.29) is 5.91 Å². The Morgan fingerprint density at radius 1 is 1.00 bits per heavy atom. The first kappa shape index (κ1) is 13.6. The van der Waals surface area contributed by atoms with Gasteiger partial charge in [0.15, 0.2) is 0 Å². The lowest BCUT2D eigenvalue weighted by molar-refractivity contribution is 0.0303. The fourth-order valence-corrected chi connectivity index (χ4v) is 2.61. The normalized spacial score (nSPS) is 15.0. The number of amides is 1. The van der Waals surface area contributed by atoms with Crippen LogP contribution < -0.4 is 5.73 Å². The van der Waals surface area contributed by atoms with Crippen LogP contribution in [-0.4, -0.2) is 37.1 Å². The van der Waals surface area contributed by atoms with Crippen LogP contribution in [0.2, 0.25) is 0 Å². The summed E-state index contributed by atoms with van der Waals surface area (Å²) in [6, 6.07) is 15.3.